The predicted molar refractivity (Wildman–Crippen MR) is 63.1 cm³/mol. The molecule has 1 atom stereocenters. The molecule has 0 aromatic heterocycles. The summed E-state index contributed by atoms with van der Waals surface area (Å²) in [6.07, 6.45) is 3.75. The van der Waals surface area contributed by atoms with Gasteiger partial charge in [-0.25, -0.2) is 0 Å². The molecule has 14 heavy (non-hydrogen) atoms. The SMILES string of the molecule is CCC(CC(N)=NO)N(C)CCSC. The van der Waals surface area contributed by atoms with Gasteiger partial charge in [-0.3, -0.25) is 0 Å². The van der Waals surface area contributed by atoms with Gasteiger partial charge in [0.25, 0.3) is 0 Å². The molecular weight excluding hydrogens is 198 g/mol. The summed E-state index contributed by atoms with van der Waals surface area (Å²) in [7, 11) is 2.08. The van der Waals surface area contributed by atoms with Gasteiger partial charge in [-0.1, -0.05) is 12.1 Å². The van der Waals surface area contributed by atoms with Gasteiger partial charge in [-0.2, -0.15) is 11.8 Å². The third-order valence-electron chi connectivity index (χ3n) is 2.32. The van der Waals surface area contributed by atoms with E-state index in [2.05, 4.69) is 30.3 Å². The second-order valence-corrected chi connectivity index (χ2v) is 4.32. The first-order valence-electron chi connectivity index (χ1n) is 4.81. The molecule has 0 amide bonds. The number of thioether (sulfide) groups is 1. The first kappa shape index (κ1) is 13.6. The maximum absolute atomic E-state index is 8.48. The number of nitrogens with two attached hydrogens (primary N) is 1. The monoisotopic (exact) mass is 219 g/mol. The third-order valence-corrected chi connectivity index (χ3v) is 2.91. The van der Waals surface area contributed by atoms with E-state index >= 15 is 0 Å². The Labute approximate surface area is 90.5 Å². The lowest BCUT2D eigenvalue weighted by molar-refractivity contribution is 0.251. The zero-order chi connectivity index (χ0) is 11.0. The highest BCUT2D eigenvalue weighted by atomic mass is 32.2. The Bertz CT molecular complexity index is 175. The molecule has 0 saturated heterocycles. The van der Waals surface area contributed by atoms with Crippen molar-refractivity contribution in [2.75, 3.05) is 25.6 Å². The number of hydrogen-bond donors (Lipinski definition) is 2. The Morgan fingerprint density at radius 2 is 2.29 bits per heavy atom. The fourth-order valence-corrected chi connectivity index (χ4v) is 1.78. The summed E-state index contributed by atoms with van der Waals surface area (Å²) in [5.41, 5.74) is 5.48. The first-order chi connectivity index (χ1) is 6.65. The van der Waals surface area contributed by atoms with Crippen LogP contribution in [0.1, 0.15) is 19.8 Å². The minimum atomic E-state index is 0.313. The van der Waals surface area contributed by atoms with E-state index in [-0.39, 0.29) is 0 Å². The average molecular weight is 219 g/mol. The van der Waals surface area contributed by atoms with E-state index in [4.69, 9.17) is 10.9 Å². The molecule has 0 heterocycles. The minimum Gasteiger partial charge on any atom is -0.409 e. The summed E-state index contributed by atoms with van der Waals surface area (Å²) in [6.45, 7) is 3.16. The van der Waals surface area contributed by atoms with Crippen LogP contribution in [0.2, 0.25) is 0 Å². The van der Waals surface area contributed by atoms with Crippen molar-refractivity contribution in [2.24, 2.45) is 10.9 Å². The summed E-state index contributed by atoms with van der Waals surface area (Å²) in [6, 6.07) is 0.373. The van der Waals surface area contributed by atoms with Crippen LogP contribution in [0.4, 0.5) is 0 Å². The zero-order valence-electron chi connectivity index (χ0n) is 9.23. The molecule has 0 aromatic carbocycles. The lowest BCUT2D eigenvalue weighted by Crippen LogP contribution is -2.36. The van der Waals surface area contributed by atoms with E-state index in [1.54, 1.807) is 0 Å². The van der Waals surface area contributed by atoms with Gasteiger partial charge < -0.3 is 15.8 Å². The third kappa shape index (κ3) is 5.34. The average Bonchev–Trinajstić information content (AvgIpc) is 2.21. The van der Waals surface area contributed by atoms with Crippen LogP contribution in [-0.2, 0) is 0 Å². The highest BCUT2D eigenvalue weighted by molar-refractivity contribution is 7.98. The Morgan fingerprint density at radius 3 is 2.71 bits per heavy atom. The van der Waals surface area contributed by atoms with Crippen molar-refractivity contribution in [3.8, 4) is 0 Å². The zero-order valence-corrected chi connectivity index (χ0v) is 10.0. The van der Waals surface area contributed by atoms with Gasteiger partial charge in [0.05, 0.1) is 0 Å². The molecule has 0 saturated carbocycles. The summed E-state index contributed by atoms with van der Waals surface area (Å²) < 4.78 is 0. The van der Waals surface area contributed by atoms with Crippen LogP contribution in [0.15, 0.2) is 5.16 Å². The molecule has 5 heteroatoms. The summed E-state index contributed by atoms with van der Waals surface area (Å²) in [4.78, 5) is 2.26. The highest BCUT2D eigenvalue weighted by Crippen LogP contribution is 2.07. The molecule has 0 radical (unpaired) electrons. The van der Waals surface area contributed by atoms with Crippen molar-refractivity contribution < 1.29 is 5.21 Å². The fourth-order valence-electron chi connectivity index (χ4n) is 1.31. The predicted octanol–water partition coefficient (Wildman–Crippen LogP) is 1.20. The van der Waals surface area contributed by atoms with Crippen LogP contribution >= 0.6 is 11.8 Å². The normalized spacial score (nSPS) is 14.7. The van der Waals surface area contributed by atoms with Gasteiger partial charge in [-0.15, -0.1) is 0 Å². The molecular formula is C9H21N3OS. The molecule has 0 aliphatic carbocycles. The molecule has 0 rings (SSSR count). The van der Waals surface area contributed by atoms with E-state index in [1.165, 1.54) is 0 Å². The molecule has 0 bridgehead atoms. The Kier molecular flexibility index (Phi) is 7.70. The highest BCUT2D eigenvalue weighted by Gasteiger charge is 2.13. The number of oxime groups is 1. The van der Waals surface area contributed by atoms with E-state index in [0.29, 0.717) is 18.3 Å². The van der Waals surface area contributed by atoms with Crippen LogP contribution in [-0.4, -0.2) is 47.6 Å². The topological polar surface area (TPSA) is 61.9 Å². The summed E-state index contributed by atoms with van der Waals surface area (Å²) in [5, 5.41) is 11.5. The van der Waals surface area contributed by atoms with Crippen LogP contribution in [0.3, 0.4) is 0 Å². The van der Waals surface area contributed by atoms with Crippen LogP contribution < -0.4 is 5.73 Å². The number of hydrogen-bond acceptors (Lipinski definition) is 4. The smallest absolute Gasteiger partial charge is 0.140 e. The van der Waals surface area contributed by atoms with Gasteiger partial charge in [0.2, 0.25) is 0 Å². The molecule has 0 aliphatic heterocycles. The van der Waals surface area contributed by atoms with Crippen molar-refractivity contribution in [3.63, 3.8) is 0 Å². The van der Waals surface area contributed by atoms with Crippen LogP contribution in [0.5, 0.6) is 0 Å². The lowest BCUT2D eigenvalue weighted by atomic mass is 10.1. The molecule has 0 fully saturated rings. The lowest BCUT2D eigenvalue weighted by Gasteiger charge is -2.26. The largest absolute Gasteiger partial charge is 0.409 e. The van der Waals surface area contributed by atoms with Crippen molar-refractivity contribution in [1.82, 2.24) is 4.90 Å². The molecule has 1 unspecified atom stereocenters. The van der Waals surface area contributed by atoms with E-state index in [9.17, 15) is 0 Å². The van der Waals surface area contributed by atoms with Crippen LogP contribution in [0, 0.1) is 0 Å². The molecule has 0 spiro atoms. The standard InChI is InChI=1S/C9H21N3OS/c1-4-8(7-9(10)11-13)12(2)5-6-14-3/h8,13H,4-7H2,1-3H3,(H2,10,11). The quantitative estimate of drug-likeness (QED) is 0.292. The maximum Gasteiger partial charge on any atom is 0.140 e. The van der Waals surface area contributed by atoms with Crippen molar-refractivity contribution in [2.45, 2.75) is 25.8 Å². The van der Waals surface area contributed by atoms with Gasteiger partial charge in [-0.05, 0) is 19.7 Å². The Morgan fingerprint density at radius 1 is 1.64 bits per heavy atom. The fraction of sp³-hybridized carbons (Fsp3) is 0.889. The second-order valence-electron chi connectivity index (χ2n) is 3.33. The first-order valence-corrected chi connectivity index (χ1v) is 6.20. The summed E-state index contributed by atoms with van der Waals surface area (Å²) >= 11 is 1.83. The van der Waals surface area contributed by atoms with Gasteiger partial charge >= 0.3 is 0 Å². The molecule has 3 N–H and O–H groups in total. The van der Waals surface area contributed by atoms with Gasteiger partial charge in [0.15, 0.2) is 0 Å². The second kappa shape index (κ2) is 7.94. The van der Waals surface area contributed by atoms with E-state index in [1.807, 2.05) is 11.8 Å². The number of rotatable bonds is 7. The van der Waals surface area contributed by atoms with Crippen molar-refractivity contribution in [3.05, 3.63) is 0 Å². The van der Waals surface area contributed by atoms with Crippen LogP contribution in [0.25, 0.3) is 0 Å². The summed E-state index contributed by atoms with van der Waals surface area (Å²) in [5.74, 6) is 1.43. The molecule has 84 valence electrons. The maximum atomic E-state index is 8.48. The molecule has 0 aromatic rings. The Balaban J connectivity index is 3.98. The molecule has 4 nitrogen and oxygen atoms in total. The Hall–Kier alpha value is -0.420. The number of nitrogens with zero attached hydrogens (tertiary/aromatic N) is 2. The minimum absolute atomic E-state index is 0.313. The van der Waals surface area contributed by atoms with Crippen molar-refractivity contribution >= 4 is 17.6 Å². The molecule has 0 aliphatic rings. The van der Waals surface area contributed by atoms with E-state index < -0.39 is 0 Å². The van der Waals surface area contributed by atoms with Crippen molar-refractivity contribution in [1.29, 1.82) is 0 Å². The van der Waals surface area contributed by atoms with Gasteiger partial charge in [0.1, 0.15) is 5.84 Å². The van der Waals surface area contributed by atoms with E-state index in [0.717, 1.165) is 18.7 Å². The number of amidine groups is 1. The van der Waals surface area contributed by atoms with Gasteiger partial charge in [0, 0.05) is 24.8 Å².